The lowest BCUT2D eigenvalue weighted by atomic mass is 9.98. The predicted octanol–water partition coefficient (Wildman–Crippen LogP) is 4.84. The second-order valence-corrected chi connectivity index (χ2v) is 5.30. The van der Waals surface area contributed by atoms with Gasteiger partial charge < -0.3 is 4.74 Å². The minimum Gasteiger partial charge on any atom is -0.496 e. The van der Waals surface area contributed by atoms with Gasteiger partial charge in [-0.15, -0.1) is 0 Å². The molecule has 0 aliphatic carbocycles. The fourth-order valence-electron chi connectivity index (χ4n) is 2.42. The summed E-state index contributed by atoms with van der Waals surface area (Å²) in [5, 5.41) is 0.487. The van der Waals surface area contributed by atoms with Crippen LogP contribution in [0.3, 0.4) is 0 Å². The highest BCUT2D eigenvalue weighted by Crippen LogP contribution is 2.32. The predicted molar refractivity (Wildman–Crippen MR) is 82.9 cm³/mol. The molecule has 20 heavy (non-hydrogen) atoms. The van der Waals surface area contributed by atoms with E-state index in [9.17, 15) is 4.79 Å². The maximum absolute atomic E-state index is 11.4. The Morgan fingerprint density at radius 2 is 1.65 bits per heavy atom. The summed E-state index contributed by atoms with van der Waals surface area (Å²) in [6.07, 6.45) is 0. The molecular formula is C17H17ClO2. The molecule has 2 aromatic carbocycles. The largest absolute Gasteiger partial charge is 0.496 e. The smallest absolute Gasteiger partial charge is 0.161 e. The Kier molecular flexibility index (Phi) is 4.15. The first-order valence-corrected chi connectivity index (χ1v) is 6.78. The minimum atomic E-state index is -0.0244. The summed E-state index contributed by atoms with van der Waals surface area (Å²) < 4.78 is 5.37. The quantitative estimate of drug-likeness (QED) is 0.756. The van der Waals surface area contributed by atoms with Crippen LogP contribution in [0, 0.1) is 13.8 Å². The molecule has 2 aromatic rings. The molecule has 3 heteroatoms. The Morgan fingerprint density at radius 1 is 1.05 bits per heavy atom. The van der Waals surface area contributed by atoms with E-state index in [0.717, 1.165) is 28.0 Å². The summed E-state index contributed by atoms with van der Waals surface area (Å²) in [6.45, 7) is 5.55. The number of rotatable bonds is 3. The van der Waals surface area contributed by atoms with Crippen molar-refractivity contribution in [1.29, 1.82) is 0 Å². The van der Waals surface area contributed by atoms with Gasteiger partial charge in [-0.25, -0.2) is 0 Å². The lowest BCUT2D eigenvalue weighted by Crippen LogP contribution is -1.95. The van der Waals surface area contributed by atoms with Crippen LogP contribution in [0.2, 0.25) is 5.02 Å². The molecule has 0 amide bonds. The van der Waals surface area contributed by atoms with Gasteiger partial charge in [-0.2, -0.15) is 0 Å². The second-order valence-electron chi connectivity index (χ2n) is 4.89. The van der Waals surface area contributed by atoms with E-state index in [1.165, 1.54) is 6.92 Å². The van der Waals surface area contributed by atoms with Gasteiger partial charge in [-0.05, 0) is 67.3 Å². The van der Waals surface area contributed by atoms with E-state index >= 15 is 0 Å². The molecule has 0 N–H and O–H groups in total. The Labute approximate surface area is 124 Å². The van der Waals surface area contributed by atoms with Gasteiger partial charge in [-0.3, -0.25) is 4.79 Å². The summed E-state index contributed by atoms with van der Waals surface area (Å²) in [5.41, 5.74) is 4.77. The molecule has 0 aromatic heterocycles. The summed E-state index contributed by atoms with van der Waals surface area (Å²) in [4.78, 5) is 11.4. The van der Waals surface area contributed by atoms with Crippen LogP contribution >= 0.6 is 11.6 Å². The molecule has 104 valence electrons. The van der Waals surface area contributed by atoms with Crippen molar-refractivity contribution in [2.75, 3.05) is 7.11 Å². The first-order valence-electron chi connectivity index (χ1n) is 6.40. The van der Waals surface area contributed by atoms with Crippen LogP contribution in [0.4, 0.5) is 0 Å². The number of carbonyl (C=O) groups excluding carboxylic acids is 1. The average molecular weight is 289 g/mol. The first kappa shape index (κ1) is 14.6. The highest BCUT2D eigenvalue weighted by atomic mass is 35.5. The van der Waals surface area contributed by atoms with E-state index in [-0.39, 0.29) is 5.78 Å². The van der Waals surface area contributed by atoms with Crippen LogP contribution < -0.4 is 4.74 Å². The Hall–Kier alpha value is -1.80. The van der Waals surface area contributed by atoms with Crippen molar-refractivity contribution in [2.45, 2.75) is 20.8 Å². The molecule has 0 spiro atoms. The summed E-state index contributed by atoms with van der Waals surface area (Å²) in [7, 11) is 1.67. The number of aryl methyl sites for hydroxylation is 2. The van der Waals surface area contributed by atoms with Crippen molar-refractivity contribution >= 4 is 17.4 Å². The Morgan fingerprint density at radius 3 is 2.10 bits per heavy atom. The number of hydrogen-bond acceptors (Lipinski definition) is 2. The highest BCUT2D eigenvalue weighted by Gasteiger charge is 2.10. The number of Topliss-reactive ketones (excluding diaryl/α,β-unsaturated/α-hetero) is 1. The molecule has 0 radical (unpaired) electrons. The molecule has 0 bridgehead atoms. The van der Waals surface area contributed by atoms with E-state index < -0.39 is 0 Å². The van der Waals surface area contributed by atoms with Gasteiger partial charge >= 0.3 is 0 Å². The van der Waals surface area contributed by atoms with Crippen molar-refractivity contribution in [3.8, 4) is 16.9 Å². The topological polar surface area (TPSA) is 26.3 Å². The monoisotopic (exact) mass is 288 g/mol. The lowest BCUT2D eigenvalue weighted by molar-refractivity contribution is 0.101. The van der Waals surface area contributed by atoms with Gasteiger partial charge in [0.1, 0.15) is 5.75 Å². The highest BCUT2D eigenvalue weighted by molar-refractivity contribution is 6.34. The van der Waals surface area contributed by atoms with Crippen LogP contribution in [0.1, 0.15) is 28.4 Å². The normalized spacial score (nSPS) is 10.4. The maximum Gasteiger partial charge on any atom is 0.161 e. The van der Waals surface area contributed by atoms with E-state index in [2.05, 4.69) is 12.1 Å². The van der Waals surface area contributed by atoms with E-state index in [1.807, 2.05) is 26.0 Å². The number of ketones is 1. The second kappa shape index (κ2) is 5.68. The zero-order chi connectivity index (χ0) is 14.9. The molecule has 0 aliphatic rings. The van der Waals surface area contributed by atoms with Gasteiger partial charge in [-0.1, -0.05) is 17.7 Å². The van der Waals surface area contributed by atoms with Gasteiger partial charge in [0, 0.05) is 5.56 Å². The van der Waals surface area contributed by atoms with Crippen molar-refractivity contribution in [3.05, 3.63) is 52.0 Å². The van der Waals surface area contributed by atoms with E-state index in [1.54, 1.807) is 13.2 Å². The fraction of sp³-hybridized carbons (Fsp3) is 0.235. The van der Waals surface area contributed by atoms with Crippen LogP contribution in [0.25, 0.3) is 11.1 Å². The first-order chi connectivity index (χ1) is 9.43. The van der Waals surface area contributed by atoms with Gasteiger partial charge in [0.25, 0.3) is 0 Å². The van der Waals surface area contributed by atoms with E-state index in [0.29, 0.717) is 10.6 Å². The molecule has 2 rings (SSSR count). The Bertz CT molecular complexity index is 652. The van der Waals surface area contributed by atoms with Gasteiger partial charge in [0.2, 0.25) is 0 Å². The molecule has 0 saturated carbocycles. The SMILES string of the molecule is COc1c(C)cc(-c2ccc(C(C)=O)c(Cl)c2)cc1C. The van der Waals surface area contributed by atoms with Crippen molar-refractivity contribution in [2.24, 2.45) is 0 Å². The van der Waals surface area contributed by atoms with Crippen molar-refractivity contribution in [3.63, 3.8) is 0 Å². The minimum absolute atomic E-state index is 0.0244. The summed E-state index contributed by atoms with van der Waals surface area (Å²) >= 11 is 6.17. The summed E-state index contributed by atoms with van der Waals surface area (Å²) in [5.74, 6) is 0.879. The lowest BCUT2D eigenvalue weighted by Gasteiger charge is -2.12. The number of ether oxygens (including phenoxy) is 1. The molecule has 0 aliphatic heterocycles. The van der Waals surface area contributed by atoms with Crippen molar-refractivity contribution < 1.29 is 9.53 Å². The van der Waals surface area contributed by atoms with Crippen LogP contribution in [-0.2, 0) is 0 Å². The number of carbonyl (C=O) groups is 1. The van der Waals surface area contributed by atoms with Crippen LogP contribution in [0.15, 0.2) is 30.3 Å². The molecular weight excluding hydrogens is 272 g/mol. The molecule has 0 saturated heterocycles. The fourth-order valence-corrected chi connectivity index (χ4v) is 2.73. The Balaban J connectivity index is 2.52. The van der Waals surface area contributed by atoms with Crippen LogP contribution in [-0.4, -0.2) is 12.9 Å². The third kappa shape index (κ3) is 2.70. The van der Waals surface area contributed by atoms with Gasteiger partial charge in [0.15, 0.2) is 5.78 Å². The zero-order valence-corrected chi connectivity index (χ0v) is 12.8. The molecule has 0 unspecified atom stereocenters. The zero-order valence-electron chi connectivity index (χ0n) is 12.1. The average Bonchev–Trinajstić information content (AvgIpc) is 2.37. The van der Waals surface area contributed by atoms with Crippen LogP contribution in [0.5, 0.6) is 5.75 Å². The number of methoxy groups -OCH3 is 1. The van der Waals surface area contributed by atoms with Crippen molar-refractivity contribution in [1.82, 2.24) is 0 Å². The molecule has 0 fully saturated rings. The maximum atomic E-state index is 11.4. The number of benzene rings is 2. The van der Waals surface area contributed by atoms with Gasteiger partial charge in [0.05, 0.1) is 12.1 Å². The molecule has 0 atom stereocenters. The standard InChI is InChI=1S/C17H17ClO2/c1-10-7-14(8-11(2)17(10)20-4)13-5-6-15(12(3)19)16(18)9-13/h5-9H,1-4H3. The van der Waals surface area contributed by atoms with E-state index in [4.69, 9.17) is 16.3 Å². The third-order valence-electron chi connectivity index (χ3n) is 3.35. The summed E-state index contributed by atoms with van der Waals surface area (Å²) in [6, 6.07) is 9.65. The third-order valence-corrected chi connectivity index (χ3v) is 3.66. The number of hydrogen-bond donors (Lipinski definition) is 0. The molecule has 2 nitrogen and oxygen atoms in total. The number of halogens is 1. The molecule has 0 heterocycles.